The van der Waals surface area contributed by atoms with Crippen molar-refractivity contribution < 1.29 is 19.1 Å². The van der Waals surface area contributed by atoms with Gasteiger partial charge in [0.1, 0.15) is 5.01 Å². The van der Waals surface area contributed by atoms with Crippen LogP contribution in [0.15, 0.2) is 30.3 Å². The predicted octanol–water partition coefficient (Wildman–Crippen LogP) is 1.75. The molecular weight excluding hydrogens is 332 g/mol. The SMILES string of the molecule is Cc1nnc(NC(=O)CCC(=O)OCC(=O)Nc2ccccc2)s1. The van der Waals surface area contributed by atoms with Crippen LogP contribution >= 0.6 is 11.3 Å². The number of anilines is 2. The largest absolute Gasteiger partial charge is 0.456 e. The van der Waals surface area contributed by atoms with Crippen molar-refractivity contribution >= 4 is 39.9 Å². The highest BCUT2D eigenvalue weighted by Crippen LogP contribution is 2.14. The monoisotopic (exact) mass is 348 g/mol. The third-order valence-corrected chi connectivity index (χ3v) is 3.50. The minimum absolute atomic E-state index is 0.0578. The first-order chi connectivity index (χ1) is 11.5. The van der Waals surface area contributed by atoms with E-state index >= 15 is 0 Å². The highest BCUT2D eigenvalue weighted by molar-refractivity contribution is 7.15. The van der Waals surface area contributed by atoms with Crippen LogP contribution in [0.2, 0.25) is 0 Å². The van der Waals surface area contributed by atoms with Gasteiger partial charge in [0.25, 0.3) is 5.91 Å². The van der Waals surface area contributed by atoms with Crippen LogP contribution in [0.5, 0.6) is 0 Å². The van der Waals surface area contributed by atoms with E-state index in [-0.39, 0.29) is 18.7 Å². The van der Waals surface area contributed by atoms with Crippen molar-refractivity contribution in [3.63, 3.8) is 0 Å². The topological polar surface area (TPSA) is 110 Å². The van der Waals surface area contributed by atoms with Gasteiger partial charge in [-0.3, -0.25) is 14.4 Å². The van der Waals surface area contributed by atoms with Crippen LogP contribution in [0.1, 0.15) is 17.8 Å². The summed E-state index contributed by atoms with van der Waals surface area (Å²) in [6.07, 6.45) is -0.181. The van der Waals surface area contributed by atoms with Gasteiger partial charge in [-0.1, -0.05) is 29.5 Å². The van der Waals surface area contributed by atoms with Crippen molar-refractivity contribution in [2.24, 2.45) is 0 Å². The van der Waals surface area contributed by atoms with E-state index in [9.17, 15) is 14.4 Å². The Morgan fingerprint density at radius 3 is 2.46 bits per heavy atom. The number of benzene rings is 1. The Morgan fingerprint density at radius 1 is 1.04 bits per heavy atom. The molecule has 2 N–H and O–H groups in total. The lowest BCUT2D eigenvalue weighted by Crippen LogP contribution is -2.21. The number of para-hydroxylation sites is 1. The van der Waals surface area contributed by atoms with E-state index in [1.807, 2.05) is 6.07 Å². The average molecular weight is 348 g/mol. The normalized spacial score (nSPS) is 10.0. The molecule has 0 saturated carbocycles. The molecule has 0 bridgehead atoms. The second-order valence-electron chi connectivity index (χ2n) is 4.75. The molecule has 2 aromatic rings. The minimum Gasteiger partial charge on any atom is -0.456 e. The summed E-state index contributed by atoms with van der Waals surface area (Å²) >= 11 is 1.24. The third-order valence-electron chi connectivity index (χ3n) is 2.75. The molecule has 9 heteroatoms. The maximum atomic E-state index is 11.6. The molecule has 0 aliphatic heterocycles. The van der Waals surface area contributed by atoms with E-state index in [0.29, 0.717) is 10.8 Å². The van der Waals surface area contributed by atoms with E-state index < -0.39 is 18.5 Å². The first-order valence-electron chi connectivity index (χ1n) is 7.13. The van der Waals surface area contributed by atoms with E-state index in [1.54, 1.807) is 31.2 Å². The standard InChI is InChI=1S/C15H16N4O4S/c1-10-18-19-15(24-10)17-12(20)7-8-14(22)23-9-13(21)16-11-5-3-2-4-6-11/h2-6H,7-9H2,1H3,(H,16,21)(H,17,19,20). The van der Waals surface area contributed by atoms with E-state index in [1.165, 1.54) is 11.3 Å². The zero-order valence-electron chi connectivity index (χ0n) is 12.9. The summed E-state index contributed by atoms with van der Waals surface area (Å²) in [5, 5.41) is 13.8. The molecule has 8 nitrogen and oxygen atoms in total. The second kappa shape index (κ2) is 8.73. The third kappa shape index (κ3) is 6.13. The summed E-state index contributed by atoms with van der Waals surface area (Å²) in [5.41, 5.74) is 0.616. The van der Waals surface area contributed by atoms with Crippen molar-refractivity contribution in [1.29, 1.82) is 0 Å². The molecule has 0 aliphatic rings. The lowest BCUT2D eigenvalue weighted by atomic mass is 10.3. The van der Waals surface area contributed by atoms with Crippen molar-refractivity contribution in [2.45, 2.75) is 19.8 Å². The van der Waals surface area contributed by atoms with Crippen molar-refractivity contribution in [2.75, 3.05) is 17.2 Å². The van der Waals surface area contributed by atoms with Gasteiger partial charge in [-0.2, -0.15) is 0 Å². The fourth-order valence-corrected chi connectivity index (χ4v) is 2.29. The molecule has 0 aliphatic carbocycles. The summed E-state index contributed by atoms with van der Waals surface area (Å²) in [6, 6.07) is 8.82. The van der Waals surface area contributed by atoms with E-state index in [2.05, 4.69) is 20.8 Å². The molecule has 1 heterocycles. The number of nitrogens with one attached hydrogen (secondary N) is 2. The first kappa shape index (κ1) is 17.5. The summed E-state index contributed by atoms with van der Waals surface area (Å²) in [6.45, 7) is 1.37. The van der Waals surface area contributed by atoms with Crippen LogP contribution in [0, 0.1) is 6.92 Å². The van der Waals surface area contributed by atoms with E-state index in [0.717, 1.165) is 5.01 Å². The number of amides is 2. The zero-order chi connectivity index (χ0) is 17.4. The summed E-state index contributed by atoms with van der Waals surface area (Å²) in [7, 11) is 0. The van der Waals surface area contributed by atoms with Crippen molar-refractivity contribution in [3.8, 4) is 0 Å². The van der Waals surface area contributed by atoms with Crippen molar-refractivity contribution in [1.82, 2.24) is 10.2 Å². The fraction of sp³-hybridized carbons (Fsp3) is 0.267. The Kier molecular flexibility index (Phi) is 6.38. The van der Waals surface area contributed by atoms with Gasteiger partial charge in [0.2, 0.25) is 11.0 Å². The number of carbonyl (C=O) groups is 3. The number of hydrogen-bond donors (Lipinski definition) is 2. The van der Waals surface area contributed by atoms with Gasteiger partial charge < -0.3 is 15.4 Å². The summed E-state index contributed by atoms with van der Waals surface area (Å²) < 4.78 is 4.82. The van der Waals surface area contributed by atoms with Gasteiger partial charge in [0.15, 0.2) is 6.61 Å². The van der Waals surface area contributed by atoms with Gasteiger partial charge in [-0.05, 0) is 19.1 Å². The molecule has 0 unspecified atom stereocenters. The Bertz CT molecular complexity index is 717. The summed E-state index contributed by atoms with van der Waals surface area (Å²) in [5.74, 6) is -1.43. The summed E-state index contributed by atoms with van der Waals surface area (Å²) in [4.78, 5) is 34.8. The van der Waals surface area contributed by atoms with Gasteiger partial charge in [0, 0.05) is 12.1 Å². The molecule has 1 aromatic carbocycles. The zero-order valence-corrected chi connectivity index (χ0v) is 13.8. The van der Waals surface area contributed by atoms with Crippen LogP contribution in [-0.4, -0.2) is 34.6 Å². The van der Waals surface area contributed by atoms with E-state index in [4.69, 9.17) is 4.74 Å². The van der Waals surface area contributed by atoms with Crippen LogP contribution in [0.4, 0.5) is 10.8 Å². The molecule has 24 heavy (non-hydrogen) atoms. The average Bonchev–Trinajstić information content (AvgIpc) is 2.97. The molecule has 2 rings (SSSR count). The number of aromatic nitrogens is 2. The molecule has 2 amide bonds. The maximum Gasteiger partial charge on any atom is 0.306 e. The van der Waals surface area contributed by atoms with Crippen LogP contribution in [-0.2, 0) is 19.1 Å². The Hall–Kier alpha value is -2.81. The number of ether oxygens (including phenoxy) is 1. The molecular formula is C15H16N4O4S. The second-order valence-corrected chi connectivity index (χ2v) is 5.93. The number of esters is 1. The molecule has 0 radical (unpaired) electrons. The van der Waals surface area contributed by atoms with Gasteiger partial charge in [-0.15, -0.1) is 10.2 Å². The maximum absolute atomic E-state index is 11.6. The molecule has 1 aromatic heterocycles. The van der Waals surface area contributed by atoms with Crippen molar-refractivity contribution in [3.05, 3.63) is 35.3 Å². The number of carbonyl (C=O) groups excluding carboxylic acids is 3. The Morgan fingerprint density at radius 2 is 1.79 bits per heavy atom. The van der Waals surface area contributed by atoms with Crippen LogP contribution < -0.4 is 10.6 Å². The number of aryl methyl sites for hydroxylation is 1. The quantitative estimate of drug-likeness (QED) is 0.738. The number of nitrogens with zero attached hydrogens (tertiary/aromatic N) is 2. The Labute approximate surface area is 142 Å². The number of hydrogen-bond acceptors (Lipinski definition) is 7. The van der Waals surface area contributed by atoms with Gasteiger partial charge in [0.05, 0.1) is 6.42 Å². The predicted molar refractivity (Wildman–Crippen MR) is 88.5 cm³/mol. The lowest BCUT2D eigenvalue weighted by molar-refractivity contribution is -0.147. The molecule has 0 spiro atoms. The lowest BCUT2D eigenvalue weighted by Gasteiger charge is -2.06. The highest BCUT2D eigenvalue weighted by Gasteiger charge is 2.12. The first-order valence-corrected chi connectivity index (χ1v) is 7.95. The molecule has 126 valence electrons. The molecule has 0 atom stereocenters. The van der Waals surface area contributed by atoms with Crippen LogP contribution in [0.25, 0.3) is 0 Å². The smallest absolute Gasteiger partial charge is 0.306 e. The Balaban J connectivity index is 1.64. The van der Waals surface area contributed by atoms with Gasteiger partial charge >= 0.3 is 5.97 Å². The highest BCUT2D eigenvalue weighted by atomic mass is 32.1. The molecule has 0 saturated heterocycles. The van der Waals surface area contributed by atoms with Gasteiger partial charge in [-0.25, -0.2) is 0 Å². The number of rotatable bonds is 7. The fourth-order valence-electron chi connectivity index (χ4n) is 1.68. The molecule has 0 fully saturated rings. The van der Waals surface area contributed by atoms with Crippen LogP contribution in [0.3, 0.4) is 0 Å². The minimum atomic E-state index is -0.623.